The van der Waals surface area contributed by atoms with Crippen LogP contribution in [0, 0.1) is 0 Å². The molecule has 0 fully saturated rings. The van der Waals surface area contributed by atoms with Gasteiger partial charge in [0.1, 0.15) is 0 Å². The van der Waals surface area contributed by atoms with Crippen molar-refractivity contribution in [2.45, 2.75) is 118 Å². The molecule has 0 unspecified atom stereocenters. The molecule has 5 heteroatoms. The summed E-state index contributed by atoms with van der Waals surface area (Å²) in [4.78, 5) is 4.28. The second-order valence-corrected chi connectivity index (χ2v) is 15.5. The van der Waals surface area contributed by atoms with Crippen LogP contribution >= 0.6 is 0 Å². The minimum absolute atomic E-state index is 0. The predicted molar refractivity (Wildman–Crippen MR) is 167 cm³/mol. The molecule has 0 saturated carbocycles. The zero-order valence-corrected chi connectivity index (χ0v) is 30.4. The minimum atomic E-state index is -0.112. The molecule has 2 aromatic carbocycles. The van der Waals surface area contributed by atoms with E-state index < -0.39 is 0 Å². The van der Waals surface area contributed by atoms with Crippen LogP contribution in [0.5, 0.6) is 11.5 Å². The maximum Gasteiger partial charge on any atom is 2.00 e. The van der Waals surface area contributed by atoms with Crippen molar-refractivity contribution in [1.29, 1.82) is 0 Å². The smallest absolute Gasteiger partial charge is 0.872 e. The first-order chi connectivity index (χ1) is 16.9. The van der Waals surface area contributed by atoms with Crippen molar-refractivity contribution in [3.05, 3.63) is 57.6 Å². The molecule has 0 amide bonds. The van der Waals surface area contributed by atoms with E-state index in [2.05, 4.69) is 145 Å². The molecule has 0 radical (unpaired) electrons. The van der Waals surface area contributed by atoms with Gasteiger partial charge in [-0.15, -0.1) is 11.5 Å². The number of hydrogen-bond donors (Lipinski definition) is 0. The van der Waals surface area contributed by atoms with Crippen LogP contribution in [0.2, 0.25) is 0 Å². The van der Waals surface area contributed by atoms with Crippen molar-refractivity contribution >= 4 is 37.7 Å². The minimum Gasteiger partial charge on any atom is -0.872 e. The Labute approximate surface area is 271 Å². The topological polar surface area (TPSA) is 52.6 Å². The van der Waals surface area contributed by atoms with Crippen LogP contribution in [0.1, 0.15) is 116 Å². The van der Waals surface area contributed by atoms with Crippen LogP contribution in [0.25, 0.3) is 0 Å². The van der Waals surface area contributed by atoms with E-state index in [9.17, 15) is 10.2 Å². The average Bonchev–Trinajstić information content (AvgIpc) is 2.66. The zero-order valence-electron chi connectivity index (χ0n) is 28.1. The van der Waals surface area contributed by atoms with E-state index in [1.165, 1.54) is 11.1 Å². The SMILES string of the molecule is CN(C)Cc1cc(C(C)(C)C)c([O-])c(C(C)(C)C)c1.CN(C)Cc1cc(C(C)(C)C)c([O-])c(C(C)(C)C)c1.[Ca+2]. The first-order valence-electron chi connectivity index (χ1n) is 13.8. The van der Waals surface area contributed by atoms with Crippen LogP contribution < -0.4 is 10.2 Å². The van der Waals surface area contributed by atoms with E-state index in [0.717, 1.165) is 35.3 Å². The molecule has 0 bridgehead atoms. The van der Waals surface area contributed by atoms with Gasteiger partial charge in [-0.25, -0.2) is 0 Å². The molecule has 0 aliphatic heterocycles. The molecule has 0 saturated heterocycles. The second-order valence-electron chi connectivity index (χ2n) is 15.5. The van der Waals surface area contributed by atoms with Crippen molar-refractivity contribution in [2.75, 3.05) is 28.2 Å². The molecule has 216 valence electrons. The Balaban J connectivity index is 0.000000722. The van der Waals surface area contributed by atoms with Crippen molar-refractivity contribution in [1.82, 2.24) is 9.80 Å². The van der Waals surface area contributed by atoms with Crippen LogP contribution in [0.15, 0.2) is 24.3 Å². The fourth-order valence-electron chi connectivity index (χ4n) is 4.52. The Morgan fingerprint density at radius 2 is 0.641 bits per heavy atom. The van der Waals surface area contributed by atoms with Gasteiger partial charge in [-0.1, -0.05) is 107 Å². The molecule has 39 heavy (non-hydrogen) atoms. The summed E-state index contributed by atoms with van der Waals surface area (Å²) < 4.78 is 0. The average molecular weight is 565 g/mol. The monoisotopic (exact) mass is 564 g/mol. The Kier molecular flexibility index (Phi) is 13.6. The van der Waals surface area contributed by atoms with Gasteiger partial charge >= 0.3 is 37.7 Å². The van der Waals surface area contributed by atoms with Crippen LogP contribution in [-0.2, 0) is 34.7 Å². The number of benzene rings is 2. The van der Waals surface area contributed by atoms with Crippen molar-refractivity contribution in [2.24, 2.45) is 0 Å². The summed E-state index contributed by atoms with van der Waals surface area (Å²) in [6.45, 7) is 27.0. The van der Waals surface area contributed by atoms with Gasteiger partial charge in [-0.3, -0.25) is 0 Å². The van der Waals surface area contributed by atoms with Gasteiger partial charge in [0.05, 0.1) is 0 Å². The molecule has 0 heterocycles. The predicted octanol–water partition coefficient (Wildman–Crippen LogP) is 6.45. The Bertz CT molecular complexity index is 919. The first kappa shape index (κ1) is 38.2. The van der Waals surface area contributed by atoms with E-state index in [-0.39, 0.29) is 70.9 Å². The standard InChI is InChI=1S/2C17H29NO.Ca/c2*1-16(2,3)13-9-12(11-18(7)8)10-14(15(13)19)17(4,5)6;/h2*9-10,19H,11H2,1-8H3;/q;;+2/p-2. The van der Waals surface area contributed by atoms with Crippen molar-refractivity contribution in [3.63, 3.8) is 0 Å². The Hall–Kier alpha value is -0.780. The molecular weight excluding hydrogens is 508 g/mol. The molecule has 0 aliphatic carbocycles. The van der Waals surface area contributed by atoms with E-state index >= 15 is 0 Å². The normalized spacial score (nSPS) is 12.8. The first-order valence-corrected chi connectivity index (χ1v) is 13.8. The van der Waals surface area contributed by atoms with Crippen LogP contribution in [-0.4, -0.2) is 75.7 Å². The molecule has 2 aromatic rings. The van der Waals surface area contributed by atoms with Crippen molar-refractivity contribution < 1.29 is 10.2 Å². The molecule has 0 aromatic heterocycles. The summed E-state index contributed by atoms with van der Waals surface area (Å²) in [6.07, 6.45) is 0. The number of hydrogen-bond acceptors (Lipinski definition) is 4. The van der Waals surface area contributed by atoms with Gasteiger partial charge in [-0.05, 0) is 83.2 Å². The molecular formula is C34H56CaN2O2. The summed E-state index contributed by atoms with van der Waals surface area (Å²) in [5.41, 5.74) is 5.71. The maximum atomic E-state index is 12.7. The Morgan fingerprint density at radius 1 is 0.462 bits per heavy atom. The summed E-state index contributed by atoms with van der Waals surface area (Å²) in [6, 6.07) is 8.32. The number of rotatable bonds is 4. The van der Waals surface area contributed by atoms with E-state index in [4.69, 9.17) is 0 Å². The zero-order chi connectivity index (χ0) is 30.0. The summed E-state index contributed by atoms with van der Waals surface area (Å²) >= 11 is 0. The fourth-order valence-corrected chi connectivity index (χ4v) is 4.52. The van der Waals surface area contributed by atoms with Gasteiger partial charge in [-0.2, -0.15) is 0 Å². The third-order valence-corrected chi connectivity index (χ3v) is 6.53. The number of nitrogens with zero attached hydrogens (tertiary/aromatic N) is 2. The largest absolute Gasteiger partial charge is 2.00 e. The van der Waals surface area contributed by atoms with Crippen molar-refractivity contribution in [3.8, 4) is 11.5 Å². The van der Waals surface area contributed by atoms with E-state index in [1.54, 1.807) is 0 Å². The van der Waals surface area contributed by atoms with Gasteiger partial charge < -0.3 is 20.0 Å². The van der Waals surface area contributed by atoms with Crippen LogP contribution in [0.4, 0.5) is 0 Å². The van der Waals surface area contributed by atoms with Gasteiger partial charge in [0.15, 0.2) is 0 Å². The summed E-state index contributed by atoms with van der Waals surface area (Å²) in [5.74, 6) is 0.421. The molecule has 0 aliphatic rings. The van der Waals surface area contributed by atoms with Gasteiger partial charge in [0.25, 0.3) is 0 Å². The fraction of sp³-hybridized carbons (Fsp3) is 0.647. The van der Waals surface area contributed by atoms with Gasteiger partial charge in [0.2, 0.25) is 0 Å². The third kappa shape index (κ3) is 11.6. The quantitative estimate of drug-likeness (QED) is 0.400. The molecule has 0 spiro atoms. The van der Waals surface area contributed by atoms with E-state index in [1.807, 2.05) is 0 Å². The molecule has 0 atom stereocenters. The molecule has 0 N–H and O–H groups in total. The maximum absolute atomic E-state index is 12.7. The molecule has 2 rings (SSSR count). The van der Waals surface area contributed by atoms with E-state index in [0.29, 0.717) is 0 Å². The second kappa shape index (κ2) is 13.9. The summed E-state index contributed by atoms with van der Waals surface area (Å²) in [5, 5.41) is 25.4. The van der Waals surface area contributed by atoms with Gasteiger partial charge in [0, 0.05) is 13.1 Å². The van der Waals surface area contributed by atoms with Crippen LogP contribution in [0.3, 0.4) is 0 Å². The third-order valence-electron chi connectivity index (χ3n) is 6.53. The molecule has 4 nitrogen and oxygen atoms in total. The Morgan fingerprint density at radius 3 is 0.769 bits per heavy atom. The summed E-state index contributed by atoms with van der Waals surface area (Å²) in [7, 11) is 8.22.